The van der Waals surface area contributed by atoms with Gasteiger partial charge < -0.3 is 14.8 Å². The number of nitrogens with one attached hydrogen (secondary N) is 1. The summed E-state index contributed by atoms with van der Waals surface area (Å²) >= 11 is 5.98. The molecule has 0 unspecified atom stereocenters. The molecule has 1 aliphatic rings. The number of aryl methyl sites for hydroxylation is 1. The van der Waals surface area contributed by atoms with Gasteiger partial charge in [0.05, 0.1) is 11.4 Å². The van der Waals surface area contributed by atoms with Crippen LogP contribution in [0.2, 0.25) is 5.02 Å². The number of aromatic nitrogens is 2. The van der Waals surface area contributed by atoms with Crippen LogP contribution in [0.5, 0.6) is 11.5 Å². The third-order valence-electron chi connectivity index (χ3n) is 4.52. The molecule has 5 nitrogen and oxygen atoms in total. The van der Waals surface area contributed by atoms with Crippen LogP contribution in [0, 0.1) is 13.8 Å². The molecule has 2 aromatic carbocycles. The van der Waals surface area contributed by atoms with Crippen molar-refractivity contribution in [2.24, 2.45) is 0 Å². The average Bonchev–Trinajstić information content (AvgIpc) is 2.94. The van der Waals surface area contributed by atoms with Gasteiger partial charge >= 0.3 is 0 Å². The first kappa shape index (κ1) is 16.8. The third kappa shape index (κ3) is 3.22. The Hall–Kier alpha value is -2.66. The van der Waals surface area contributed by atoms with E-state index in [0.717, 1.165) is 39.3 Å². The number of anilines is 1. The van der Waals surface area contributed by atoms with Gasteiger partial charge in [0.25, 0.3) is 0 Å². The molecule has 4 rings (SSSR count). The molecule has 1 aliphatic heterocycles. The van der Waals surface area contributed by atoms with Gasteiger partial charge in [-0.3, -0.25) is 0 Å². The molecule has 2 heterocycles. The Bertz CT molecular complexity index is 935. The molecule has 0 bridgehead atoms. The molecule has 0 spiro atoms. The van der Waals surface area contributed by atoms with Crippen molar-refractivity contribution in [3.05, 3.63) is 64.4 Å². The molecule has 0 saturated heterocycles. The van der Waals surface area contributed by atoms with Crippen molar-refractivity contribution in [1.29, 1.82) is 0 Å². The molecule has 0 saturated carbocycles. The van der Waals surface area contributed by atoms with Crippen LogP contribution in [-0.4, -0.2) is 23.0 Å². The Labute approximate surface area is 157 Å². The van der Waals surface area contributed by atoms with Crippen LogP contribution in [0.15, 0.2) is 42.5 Å². The number of hydrogen-bond donors (Lipinski definition) is 1. The fourth-order valence-corrected chi connectivity index (χ4v) is 3.23. The summed E-state index contributed by atoms with van der Waals surface area (Å²) in [6.07, 6.45) is 0. The molecule has 134 valence electrons. The summed E-state index contributed by atoms with van der Waals surface area (Å²) in [5.74, 6) is 1.58. The monoisotopic (exact) mass is 369 g/mol. The zero-order valence-corrected chi connectivity index (χ0v) is 15.5. The molecular weight excluding hydrogens is 350 g/mol. The summed E-state index contributed by atoms with van der Waals surface area (Å²) in [4.78, 5) is 0. The molecule has 0 atom stereocenters. The van der Waals surface area contributed by atoms with E-state index in [0.29, 0.717) is 19.8 Å². The average molecular weight is 370 g/mol. The number of benzene rings is 2. The van der Waals surface area contributed by atoms with Gasteiger partial charge in [0.2, 0.25) is 0 Å². The number of ether oxygens (including phenoxy) is 2. The largest absolute Gasteiger partial charge is 0.486 e. The second-order valence-corrected chi connectivity index (χ2v) is 6.69. The van der Waals surface area contributed by atoms with Gasteiger partial charge in [0, 0.05) is 34.6 Å². The lowest BCUT2D eigenvalue weighted by atomic mass is 10.2. The maximum Gasteiger partial charge on any atom is 0.163 e. The number of hydrogen-bond acceptors (Lipinski definition) is 4. The van der Waals surface area contributed by atoms with Crippen molar-refractivity contribution in [3.8, 4) is 17.2 Å². The smallest absolute Gasteiger partial charge is 0.163 e. The van der Waals surface area contributed by atoms with Gasteiger partial charge in [0.15, 0.2) is 11.5 Å². The van der Waals surface area contributed by atoms with Crippen LogP contribution in [-0.2, 0) is 6.54 Å². The van der Waals surface area contributed by atoms with E-state index in [1.807, 2.05) is 54.1 Å². The fraction of sp³-hybridized carbons (Fsp3) is 0.250. The second kappa shape index (κ2) is 6.92. The van der Waals surface area contributed by atoms with Crippen LogP contribution in [0.1, 0.15) is 17.0 Å². The number of rotatable bonds is 4. The zero-order chi connectivity index (χ0) is 18.1. The standard InChI is InChI=1S/C20H20ClN3O2/c1-13-18(14(2)24(23-13)17-6-3-15(21)4-7-17)12-22-16-5-8-19-20(11-16)26-10-9-25-19/h3-8,11,22H,9-10,12H2,1-2H3. The SMILES string of the molecule is Cc1nn(-c2ccc(Cl)cc2)c(C)c1CNc1ccc2c(c1)OCCO2. The quantitative estimate of drug-likeness (QED) is 0.734. The highest BCUT2D eigenvalue weighted by molar-refractivity contribution is 6.30. The lowest BCUT2D eigenvalue weighted by Gasteiger charge is -2.19. The van der Waals surface area contributed by atoms with E-state index in [9.17, 15) is 0 Å². The van der Waals surface area contributed by atoms with Gasteiger partial charge in [-0.25, -0.2) is 4.68 Å². The summed E-state index contributed by atoms with van der Waals surface area (Å²) in [7, 11) is 0. The minimum atomic E-state index is 0.586. The number of nitrogens with zero attached hydrogens (tertiary/aromatic N) is 2. The maximum atomic E-state index is 5.98. The molecule has 0 radical (unpaired) electrons. The molecule has 1 N–H and O–H groups in total. The Morgan fingerprint density at radius 1 is 1.04 bits per heavy atom. The zero-order valence-electron chi connectivity index (χ0n) is 14.8. The van der Waals surface area contributed by atoms with E-state index in [4.69, 9.17) is 21.1 Å². The molecule has 0 fully saturated rings. The van der Waals surface area contributed by atoms with Crippen LogP contribution in [0.25, 0.3) is 5.69 Å². The molecule has 0 aliphatic carbocycles. The van der Waals surface area contributed by atoms with E-state index in [1.54, 1.807) is 0 Å². The summed E-state index contributed by atoms with van der Waals surface area (Å²) in [6.45, 7) is 5.98. The molecule has 0 amide bonds. The van der Waals surface area contributed by atoms with Gasteiger partial charge in [-0.15, -0.1) is 0 Å². The summed E-state index contributed by atoms with van der Waals surface area (Å²) < 4.78 is 13.2. The molecule has 3 aromatic rings. The van der Waals surface area contributed by atoms with E-state index in [-0.39, 0.29) is 0 Å². The Morgan fingerprint density at radius 3 is 2.54 bits per heavy atom. The van der Waals surface area contributed by atoms with Gasteiger partial charge in [-0.2, -0.15) is 5.10 Å². The van der Waals surface area contributed by atoms with Crippen LogP contribution in [0.3, 0.4) is 0 Å². The molecule has 26 heavy (non-hydrogen) atoms. The Balaban J connectivity index is 1.54. The highest BCUT2D eigenvalue weighted by Gasteiger charge is 2.14. The van der Waals surface area contributed by atoms with E-state index >= 15 is 0 Å². The lowest BCUT2D eigenvalue weighted by molar-refractivity contribution is 0.171. The summed E-state index contributed by atoms with van der Waals surface area (Å²) in [6, 6.07) is 13.6. The number of fused-ring (bicyclic) bond motifs is 1. The first-order chi connectivity index (χ1) is 12.6. The maximum absolute atomic E-state index is 5.98. The summed E-state index contributed by atoms with van der Waals surface area (Å²) in [5, 5.41) is 8.86. The minimum Gasteiger partial charge on any atom is -0.486 e. The van der Waals surface area contributed by atoms with E-state index in [1.165, 1.54) is 5.56 Å². The van der Waals surface area contributed by atoms with Crippen molar-refractivity contribution in [2.45, 2.75) is 20.4 Å². The van der Waals surface area contributed by atoms with Crippen LogP contribution >= 0.6 is 11.6 Å². The van der Waals surface area contributed by atoms with Crippen molar-refractivity contribution in [1.82, 2.24) is 9.78 Å². The minimum absolute atomic E-state index is 0.586. The lowest BCUT2D eigenvalue weighted by Crippen LogP contribution is -2.15. The third-order valence-corrected chi connectivity index (χ3v) is 4.78. The van der Waals surface area contributed by atoms with Crippen molar-refractivity contribution >= 4 is 17.3 Å². The van der Waals surface area contributed by atoms with Crippen molar-refractivity contribution < 1.29 is 9.47 Å². The van der Waals surface area contributed by atoms with Gasteiger partial charge in [-0.05, 0) is 50.2 Å². The molecule has 1 aromatic heterocycles. The van der Waals surface area contributed by atoms with Crippen LogP contribution in [0.4, 0.5) is 5.69 Å². The number of halogens is 1. The Morgan fingerprint density at radius 2 is 1.77 bits per heavy atom. The molecule has 6 heteroatoms. The highest BCUT2D eigenvalue weighted by Crippen LogP contribution is 2.33. The Kier molecular flexibility index (Phi) is 4.47. The van der Waals surface area contributed by atoms with Gasteiger partial charge in [-0.1, -0.05) is 11.6 Å². The second-order valence-electron chi connectivity index (χ2n) is 6.25. The van der Waals surface area contributed by atoms with Crippen molar-refractivity contribution in [2.75, 3.05) is 18.5 Å². The van der Waals surface area contributed by atoms with E-state index < -0.39 is 0 Å². The van der Waals surface area contributed by atoms with Crippen molar-refractivity contribution in [3.63, 3.8) is 0 Å². The predicted molar refractivity (Wildman–Crippen MR) is 103 cm³/mol. The normalized spacial score (nSPS) is 12.9. The van der Waals surface area contributed by atoms with Gasteiger partial charge in [0.1, 0.15) is 13.2 Å². The molecular formula is C20H20ClN3O2. The predicted octanol–water partition coefficient (Wildman–Crippen LogP) is 4.53. The van der Waals surface area contributed by atoms with E-state index in [2.05, 4.69) is 17.3 Å². The van der Waals surface area contributed by atoms with Crippen LogP contribution < -0.4 is 14.8 Å². The first-order valence-corrected chi connectivity index (χ1v) is 8.94. The first-order valence-electron chi connectivity index (χ1n) is 8.56. The fourth-order valence-electron chi connectivity index (χ4n) is 3.11. The topological polar surface area (TPSA) is 48.3 Å². The highest BCUT2D eigenvalue weighted by atomic mass is 35.5. The summed E-state index contributed by atoms with van der Waals surface area (Å²) in [5.41, 5.74) is 5.28.